The Morgan fingerprint density at radius 2 is 2.73 bits per heavy atom. The number of carbonyl (C=O) groups is 1. The first-order valence-corrected chi connectivity index (χ1v) is 3.69. The molecule has 0 spiro atoms. The lowest BCUT2D eigenvalue weighted by Gasteiger charge is -1.97. The molecule has 1 N–H and O–H groups in total. The van der Waals surface area contributed by atoms with Gasteiger partial charge in [0.2, 0.25) is 0 Å². The van der Waals surface area contributed by atoms with Gasteiger partial charge in [0.25, 0.3) is 0 Å². The highest BCUT2D eigenvalue weighted by molar-refractivity contribution is 5.88. The minimum atomic E-state index is -0.833. The maximum atomic E-state index is 10.4. The zero-order valence-corrected chi connectivity index (χ0v) is 6.45. The molecule has 0 bridgehead atoms. The van der Waals surface area contributed by atoms with Gasteiger partial charge in [-0.1, -0.05) is 13.0 Å². The van der Waals surface area contributed by atoms with Gasteiger partial charge in [0.1, 0.15) is 0 Å². The first kappa shape index (κ1) is 7.98. The third-order valence-electron chi connectivity index (χ3n) is 1.60. The Bertz CT molecular complexity index is 218. The lowest BCUT2D eigenvalue weighted by Crippen LogP contribution is -2.14. The van der Waals surface area contributed by atoms with Crippen LogP contribution in [0.15, 0.2) is 16.6 Å². The molecule has 1 atom stereocenters. The van der Waals surface area contributed by atoms with Gasteiger partial charge in [-0.25, -0.2) is 4.79 Å². The number of rotatable bonds is 2. The smallest absolute Gasteiger partial charge is 0.328 e. The summed E-state index contributed by atoms with van der Waals surface area (Å²) < 4.78 is 0. The maximum Gasteiger partial charge on any atom is 0.328 e. The molecule has 0 aromatic heterocycles. The molecule has 0 amide bonds. The summed E-state index contributed by atoms with van der Waals surface area (Å²) in [6, 6.07) is -0.534. The number of aliphatic carboxylic acids is 1. The molecule has 3 heteroatoms. The molecule has 1 unspecified atom stereocenters. The SMILES string of the molecule is CC/C=C1/C=NC(C(=O)O)C1. The average Bonchev–Trinajstić information content (AvgIpc) is 2.37. The Morgan fingerprint density at radius 1 is 2.00 bits per heavy atom. The molecule has 0 fully saturated rings. The summed E-state index contributed by atoms with van der Waals surface area (Å²) in [6.07, 6.45) is 5.16. The normalized spacial score (nSPS) is 26.3. The Kier molecular flexibility index (Phi) is 2.41. The van der Waals surface area contributed by atoms with E-state index in [2.05, 4.69) is 4.99 Å². The quantitative estimate of drug-likeness (QED) is 0.649. The van der Waals surface area contributed by atoms with Crippen LogP contribution in [0, 0.1) is 0 Å². The molecule has 0 saturated carbocycles. The van der Waals surface area contributed by atoms with Gasteiger partial charge in [0.15, 0.2) is 6.04 Å². The van der Waals surface area contributed by atoms with E-state index in [1.54, 1.807) is 6.21 Å². The lowest BCUT2D eigenvalue weighted by atomic mass is 10.1. The van der Waals surface area contributed by atoms with Gasteiger partial charge in [-0.2, -0.15) is 0 Å². The Hall–Kier alpha value is -1.12. The molecular weight excluding hydrogens is 142 g/mol. The van der Waals surface area contributed by atoms with E-state index < -0.39 is 12.0 Å². The maximum absolute atomic E-state index is 10.4. The fraction of sp³-hybridized carbons (Fsp3) is 0.500. The van der Waals surface area contributed by atoms with Crippen LogP contribution in [0.1, 0.15) is 19.8 Å². The second kappa shape index (κ2) is 3.32. The van der Waals surface area contributed by atoms with E-state index >= 15 is 0 Å². The Labute approximate surface area is 65.4 Å². The standard InChI is InChI=1S/C8H11NO2/c1-2-3-6-4-7(8(10)11)9-5-6/h3,5,7H,2,4H2,1H3,(H,10,11)/b6-3+. The van der Waals surface area contributed by atoms with E-state index in [1.807, 2.05) is 13.0 Å². The zero-order valence-electron chi connectivity index (χ0n) is 6.45. The van der Waals surface area contributed by atoms with Crippen molar-refractivity contribution in [2.45, 2.75) is 25.8 Å². The van der Waals surface area contributed by atoms with E-state index in [4.69, 9.17) is 5.11 Å². The topological polar surface area (TPSA) is 49.7 Å². The van der Waals surface area contributed by atoms with Crippen molar-refractivity contribution >= 4 is 12.2 Å². The summed E-state index contributed by atoms with van der Waals surface area (Å²) in [7, 11) is 0. The van der Waals surface area contributed by atoms with Crippen molar-refractivity contribution in [1.82, 2.24) is 0 Å². The fourth-order valence-corrected chi connectivity index (χ4v) is 1.06. The summed E-state index contributed by atoms with van der Waals surface area (Å²) in [4.78, 5) is 14.3. The van der Waals surface area contributed by atoms with Crippen LogP contribution in [0.3, 0.4) is 0 Å². The van der Waals surface area contributed by atoms with Crippen LogP contribution >= 0.6 is 0 Å². The summed E-state index contributed by atoms with van der Waals surface area (Å²) in [5.41, 5.74) is 1.04. The summed E-state index contributed by atoms with van der Waals surface area (Å²) in [5, 5.41) is 8.56. The van der Waals surface area contributed by atoms with Gasteiger partial charge in [-0.15, -0.1) is 0 Å². The van der Waals surface area contributed by atoms with Gasteiger partial charge in [0.05, 0.1) is 0 Å². The molecule has 11 heavy (non-hydrogen) atoms. The van der Waals surface area contributed by atoms with Crippen molar-refractivity contribution in [2.75, 3.05) is 0 Å². The Morgan fingerprint density at radius 3 is 3.18 bits per heavy atom. The van der Waals surface area contributed by atoms with Crippen LogP contribution in [0.25, 0.3) is 0 Å². The van der Waals surface area contributed by atoms with Crippen LogP contribution < -0.4 is 0 Å². The van der Waals surface area contributed by atoms with E-state index in [0.29, 0.717) is 6.42 Å². The highest BCUT2D eigenvalue weighted by Gasteiger charge is 2.20. The van der Waals surface area contributed by atoms with Gasteiger partial charge in [-0.3, -0.25) is 4.99 Å². The molecule has 0 radical (unpaired) electrons. The predicted octanol–water partition coefficient (Wildman–Crippen LogP) is 1.25. The molecule has 3 nitrogen and oxygen atoms in total. The second-order valence-corrected chi connectivity index (χ2v) is 2.52. The number of carboxylic acids is 1. The first-order valence-electron chi connectivity index (χ1n) is 3.69. The number of hydrogen-bond acceptors (Lipinski definition) is 2. The highest BCUT2D eigenvalue weighted by Crippen LogP contribution is 2.14. The summed E-state index contributed by atoms with van der Waals surface area (Å²) >= 11 is 0. The summed E-state index contributed by atoms with van der Waals surface area (Å²) in [6.45, 7) is 2.02. The van der Waals surface area contributed by atoms with Crippen molar-refractivity contribution in [3.05, 3.63) is 11.6 Å². The minimum absolute atomic E-state index is 0.534. The van der Waals surface area contributed by atoms with Crippen LogP contribution in [0.4, 0.5) is 0 Å². The molecule has 0 aliphatic carbocycles. The number of allylic oxidation sites excluding steroid dienone is 1. The van der Waals surface area contributed by atoms with Gasteiger partial charge in [0, 0.05) is 12.6 Å². The van der Waals surface area contributed by atoms with Crippen molar-refractivity contribution in [3.8, 4) is 0 Å². The van der Waals surface area contributed by atoms with Gasteiger partial charge < -0.3 is 5.11 Å². The van der Waals surface area contributed by atoms with Crippen molar-refractivity contribution in [1.29, 1.82) is 0 Å². The lowest BCUT2D eigenvalue weighted by molar-refractivity contribution is -0.138. The van der Waals surface area contributed by atoms with Crippen LogP contribution in [-0.2, 0) is 4.79 Å². The monoisotopic (exact) mass is 153 g/mol. The van der Waals surface area contributed by atoms with Crippen molar-refractivity contribution in [3.63, 3.8) is 0 Å². The number of carboxylic acid groups (broad SMARTS) is 1. The van der Waals surface area contributed by atoms with E-state index in [1.165, 1.54) is 0 Å². The number of nitrogens with zero attached hydrogens (tertiary/aromatic N) is 1. The van der Waals surface area contributed by atoms with Crippen LogP contribution in [0.2, 0.25) is 0 Å². The molecule has 0 aromatic rings. The number of aliphatic imine (C=N–C) groups is 1. The van der Waals surface area contributed by atoms with Crippen molar-refractivity contribution < 1.29 is 9.90 Å². The molecule has 0 aromatic carbocycles. The van der Waals surface area contributed by atoms with E-state index in [0.717, 1.165) is 12.0 Å². The van der Waals surface area contributed by atoms with Crippen LogP contribution in [0.5, 0.6) is 0 Å². The first-order chi connectivity index (χ1) is 5.24. The molecule has 1 rings (SSSR count). The molecule has 1 aliphatic rings. The third-order valence-corrected chi connectivity index (χ3v) is 1.60. The minimum Gasteiger partial charge on any atom is -0.480 e. The second-order valence-electron chi connectivity index (χ2n) is 2.52. The molecular formula is C8H11NO2. The fourth-order valence-electron chi connectivity index (χ4n) is 1.06. The molecule has 1 aliphatic heterocycles. The average molecular weight is 153 g/mol. The summed E-state index contributed by atoms with van der Waals surface area (Å²) in [5.74, 6) is -0.833. The molecule has 60 valence electrons. The largest absolute Gasteiger partial charge is 0.480 e. The zero-order chi connectivity index (χ0) is 8.27. The predicted molar refractivity (Wildman–Crippen MR) is 42.9 cm³/mol. The molecule has 0 saturated heterocycles. The van der Waals surface area contributed by atoms with Crippen LogP contribution in [-0.4, -0.2) is 23.3 Å². The van der Waals surface area contributed by atoms with Gasteiger partial charge >= 0.3 is 5.97 Å². The Balaban J connectivity index is 2.56. The third kappa shape index (κ3) is 1.90. The van der Waals surface area contributed by atoms with E-state index in [-0.39, 0.29) is 0 Å². The number of hydrogen-bond donors (Lipinski definition) is 1. The van der Waals surface area contributed by atoms with Crippen molar-refractivity contribution in [2.24, 2.45) is 4.99 Å². The highest BCUT2D eigenvalue weighted by atomic mass is 16.4. The molecule has 1 heterocycles. The van der Waals surface area contributed by atoms with Gasteiger partial charge in [-0.05, 0) is 12.0 Å². The van der Waals surface area contributed by atoms with E-state index in [9.17, 15) is 4.79 Å².